The molecule has 1 saturated heterocycles. The Balaban J connectivity index is 1.67. The summed E-state index contributed by atoms with van der Waals surface area (Å²) in [6.45, 7) is 0.773. The summed E-state index contributed by atoms with van der Waals surface area (Å²) in [5.74, 6) is -0.479. The lowest BCUT2D eigenvalue weighted by molar-refractivity contribution is -0.0233. The highest BCUT2D eigenvalue weighted by Crippen LogP contribution is 2.28. The summed E-state index contributed by atoms with van der Waals surface area (Å²) in [7, 11) is 0. The minimum atomic E-state index is -1.000. The van der Waals surface area contributed by atoms with Crippen molar-refractivity contribution < 1.29 is 19.0 Å². The van der Waals surface area contributed by atoms with Crippen molar-refractivity contribution in [2.45, 2.75) is 6.10 Å². The second-order valence-corrected chi connectivity index (χ2v) is 6.99. The maximum atomic E-state index is 15.0. The molecule has 3 aromatic rings. The van der Waals surface area contributed by atoms with Crippen LogP contribution in [0.15, 0.2) is 83.9 Å². The Hall–Kier alpha value is -3.51. The first-order valence-electron chi connectivity index (χ1n) is 9.70. The van der Waals surface area contributed by atoms with Crippen molar-refractivity contribution in [3.63, 3.8) is 0 Å². The molecule has 1 heterocycles. The van der Waals surface area contributed by atoms with Gasteiger partial charge in [-0.15, -0.1) is 0 Å². The van der Waals surface area contributed by atoms with E-state index in [2.05, 4.69) is 4.99 Å². The number of aliphatic imine (C=N–C) groups is 1. The zero-order valence-corrected chi connectivity index (χ0v) is 16.2. The molecule has 5 nitrogen and oxygen atoms in total. The second-order valence-electron chi connectivity index (χ2n) is 6.99. The van der Waals surface area contributed by atoms with Gasteiger partial charge >= 0.3 is 6.09 Å². The number of rotatable bonds is 4. The molecule has 1 aliphatic rings. The van der Waals surface area contributed by atoms with Crippen molar-refractivity contribution in [2.75, 3.05) is 19.7 Å². The van der Waals surface area contributed by atoms with Crippen LogP contribution in [-0.2, 0) is 4.74 Å². The van der Waals surface area contributed by atoms with Gasteiger partial charge in [0.05, 0.1) is 24.6 Å². The molecular weight excluding hydrogens is 383 g/mol. The highest BCUT2D eigenvalue weighted by Gasteiger charge is 2.25. The minimum absolute atomic E-state index is 0.177. The standard InChI is InChI=1S/C24H21FN2O3/c25-20-15-19(22-16-27(24(28)29)13-14-30-22)11-12-21(20)26-23(17-7-3-1-4-8-17)18-9-5-2-6-10-18/h1-12,15,22H,13-14,16H2,(H,28,29). The molecule has 1 amide bonds. The number of nitrogens with zero attached hydrogens (tertiary/aromatic N) is 2. The Labute approximate surface area is 174 Å². The molecular formula is C24H21FN2O3. The first kappa shape index (κ1) is 19.8. The fraction of sp³-hybridized carbons (Fsp3) is 0.167. The van der Waals surface area contributed by atoms with E-state index in [1.807, 2.05) is 60.7 Å². The Bertz CT molecular complexity index is 1010. The van der Waals surface area contributed by atoms with Gasteiger partial charge in [-0.1, -0.05) is 66.7 Å². The van der Waals surface area contributed by atoms with Crippen molar-refractivity contribution in [2.24, 2.45) is 4.99 Å². The predicted octanol–water partition coefficient (Wildman–Crippen LogP) is 5.05. The van der Waals surface area contributed by atoms with E-state index >= 15 is 0 Å². The number of hydrogen-bond acceptors (Lipinski definition) is 3. The van der Waals surface area contributed by atoms with Crippen LogP contribution in [0.2, 0.25) is 0 Å². The van der Waals surface area contributed by atoms with Crippen molar-refractivity contribution in [3.05, 3.63) is 101 Å². The zero-order chi connectivity index (χ0) is 20.9. The van der Waals surface area contributed by atoms with Gasteiger partial charge in [-0.3, -0.25) is 0 Å². The third-order valence-corrected chi connectivity index (χ3v) is 5.01. The van der Waals surface area contributed by atoms with Crippen LogP contribution in [0.4, 0.5) is 14.9 Å². The van der Waals surface area contributed by atoms with Crippen LogP contribution in [0, 0.1) is 5.82 Å². The Morgan fingerprint density at radius 3 is 2.20 bits per heavy atom. The summed E-state index contributed by atoms with van der Waals surface area (Å²) in [6, 6.07) is 24.0. The van der Waals surface area contributed by atoms with Crippen molar-refractivity contribution >= 4 is 17.5 Å². The van der Waals surface area contributed by atoms with E-state index in [9.17, 15) is 14.3 Å². The van der Waals surface area contributed by atoms with Gasteiger partial charge < -0.3 is 14.7 Å². The molecule has 0 radical (unpaired) electrons. The van der Waals surface area contributed by atoms with Crippen molar-refractivity contribution in [3.8, 4) is 0 Å². The van der Waals surface area contributed by atoms with E-state index in [1.54, 1.807) is 12.1 Å². The third kappa shape index (κ3) is 4.39. The Morgan fingerprint density at radius 1 is 1.00 bits per heavy atom. The first-order valence-corrected chi connectivity index (χ1v) is 9.70. The van der Waals surface area contributed by atoms with E-state index in [0.717, 1.165) is 11.1 Å². The lowest BCUT2D eigenvalue weighted by atomic mass is 10.0. The van der Waals surface area contributed by atoms with Crippen LogP contribution in [0.3, 0.4) is 0 Å². The van der Waals surface area contributed by atoms with Gasteiger partial charge in [0.15, 0.2) is 0 Å². The summed E-state index contributed by atoms with van der Waals surface area (Å²) in [5.41, 5.74) is 3.26. The fourth-order valence-electron chi connectivity index (χ4n) is 3.45. The normalized spacial score (nSPS) is 16.2. The lowest BCUT2D eigenvalue weighted by Crippen LogP contribution is -2.41. The summed E-state index contributed by atoms with van der Waals surface area (Å²) >= 11 is 0. The molecule has 0 bridgehead atoms. The highest BCUT2D eigenvalue weighted by atomic mass is 19.1. The van der Waals surface area contributed by atoms with Crippen molar-refractivity contribution in [1.29, 1.82) is 0 Å². The zero-order valence-electron chi connectivity index (χ0n) is 16.2. The van der Waals surface area contributed by atoms with Crippen molar-refractivity contribution in [1.82, 2.24) is 4.90 Å². The topological polar surface area (TPSA) is 62.1 Å². The van der Waals surface area contributed by atoms with E-state index in [1.165, 1.54) is 11.0 Å². The van der Waals surface area contributed by atoms with Gasteiger partial charge in [0.2, 0.25) is 0 Å². The van der Waals surface area contributed by atoms with E-state index in [0.29, 0.717) is 17.8 Å². The molecule has 1 unspecified atom stereocenters. The number of carbonyl (C=O) groups is 1. The van der Waals surface area contributed by atoms with Gasteiger partial charge in [0.25, 0.3) is 0 Å². The molecule has 0 spiro atoms. The van der Waals surface area contributed by atoms with Crippen LogP contribution in [-0.4, -0.2) is 41.5 Å². The lowest BCUT2D eigenvalue weighted by Gasteiger charge is -2.31. The molecule has 3 aromatic carbocycles. The number of ether oxygens (including phenoxy) is 1. The van der Waals surface area contributed by atoms with E-state index in [-0.39, 0.29) is 18.8 Å². The van der Waals surface area contributed by atoms with Gasteiger partial charge in [-0.25, -0.2) is 14.2 Å². The maximum absolute atomic E-state index is 15.0. The van der Waals surface area contributed by atoms with E-state index < -0.39 is 18.0 Å². The van der Waals surface area contributed by atoms with Gasteiger partial charge in [0, 0.05) is 17.7 Å². The number of benzene rings is 3. The molecule has 1 fully saturated rings. The average molecular weight is 404 g/mol. The first-order chi connectivity index (χ1) is 14.6. The maximum Gasteiger partial charge on any atom is 0.407 e. The Morgan fingerprint density at radius 2 is 1.63 bits per heavy atom. The summed E-state index contributed by atoms with van der Waals surface area (Å²) in [6.07, 6.45) is -1.49. The minimum Gasteiger partial charge on any atom is -0.465 e. The van der Waals surface area contributed by atoms with Crippen LogP contribution in [0.1, 0.15) is 22.8 Å². The van der Waals surface area contributed by atoms with Gasteiger partial charge in [-0.05, 0) is 17.7 Å². The number of amides is 1. The predicted molar refractivity (Wildman–Crippen MR) is 113 cm³/mol. The molecule has 152 valence electrons. The SMILES string of the molecule is O=C(O)N1CCOC(c2ccc(N=C(c3ccccc3)c3ccccc3)c(F)c2)C1. The van der Waals surface area contributed by atoms with Crippen LogP contribution >= 0.6 is 0 Å². The molecule has 1 atom stereocenters. The van der Waals surface area contributed by atoms with Crippen LogP contribution < -0.4 is 0 Å². The summed E-state index contributed by atoms with van der Waals surface area (Å²) in [4.78, 5) is 17.1. The molecule has 0 aromatic heterocycles. The molecule has 1 N–H and O–H groups in total. The molecule has 6 heteroatoms. The summed E-state index contributed by atoms with van der Waals surface area (Å²) < 4.78 is 20.6. The van der Waals surface area contributed by atoms with Crippen LogP contribution in [0.5, 0.6) is 0 Å². The molecule has 4 rings (SSSR count). The third-order valence-electron chi connectivity index (χ3n) is 5.01. The van der Waals surface area contributed by atoms with Gasteiger partial charge in [-0.2, -0.15) is 0 Å². The average Bonchev–Trinajstić information content (AvgIpc) is 2.79. The largest absolute Gasteiger partial charge is 0.465 e. The Kier molecular flexibility index (Phi) is 5.86. The number of halogens is 1. The van der Waals surface area contributed by atoms with Crippen LogP contribution in [0.25, 0.3) is 0 Å². The molecule has 0 aliphatic carbocycles. The molecule has 30 heavy (non-hydrogen) atoms. The fourth-order valence-corrected chi connectivity index (χ4v) is 3.45. The second kappa shape index (κ2) is 8.88. The summed E-state index contributed by atoms with van der Waals surface area (Å²) in [5, 5.41) is 9.20. The quantitative estimate of drug-likeness (QED) is 0.619. The smallest absolute Gasteiger partial charge is 0.407 e. The van der Waals surface area contributed by atoms with E-state index in [4.69, 9.17) is 4.74 Å². The number of morpholine rings is 1. The number of hydrogen-bond donors (Lipinski definition) is 1. The monoisotopic (exact) mass is 404 g/mol. The molecule has 1 aliphatic heterocycles. The van der Waals surface area contributed by atoms with Gasteiger partial charge in [0.1, 0.15) is 11.9 Å². The molecule has 0 saturated carbocycles. The highest BCUT2D eigenvalue weighted by molar-refractivity contribution is 6.13. The number of carboxylic acid groups (broad SMARTS) is 1.